The molecule has 0 saturated heterocycles. The van der Waals surface area contributed by atoms with Gasteiger partial charge < -0.3 is 15.3 Å². The monoisotopic (exact) mass is 228 g/mol. The number of hydrogen-bond donors (Lipinski definition) is 4. The van der Waals surface area contributed by atoms with Gasteiger partial charge in [-0.2, -0.15) is 8.42 Å². The van der Waals surface area contributed by atoms with Crippen LogP contribution in [0.5, 0.6) is 0 Å². The molecule has 6 nitrogen and oxygen atoms in total. The van der Waals surface area contributed by atoms with Crippen molar-refractivity contribution in [3.05, 3.63) is 0 Å². The third-order valence-corrected chi connectivity index (χ3v) is 2.92. The molecule has 4 N–H and O–H groups in total. The molecule has 0 unspecified atom stereocenters. The standard InChI is InChI=1S/C7H16O6S/c8-4-7(5-9,6-10)2-1-3-14(11,12)13/h8-10H,1-6H2,(H,11,12,13). The van der Waals surface area contributed by atoms with Crippen LogP contribution in [0.15, 0.2) is 0 Å². The molecule has 0 aliphatic carbocycles. The smallest absolute Gasteiger partial charge is 0.264 e. The average Bonchev–Trinajstić information content (AvgIpc) is 2.11. The summed E-state index contributed by atoms with van der Waals surface area (Å²) < 4.78 is 29.1. The van der Waals surface area contributed by atoms with Crippen LogP contribution >= 0.6 is 0 Å². The molecule has 0 saturated carbocycles. The zero-order valence-electron chi connectivity index (χ0n) is 7.76. The van der Waals surface area contributed by atoms with E-state index < -0.39 is 41.1 Å². The molecular weight excluding hydrogens is 212 g/mol. The lowest BCUT2D eigenvalue weighted by molar-refractivity contribution is -0.000938. The molecule has 0 aliphatic heterocycles. The normalized spacial score (nSPS) is 13.1. The first-order chi connectivity index (χ1) is 6.39. The number of hydrogen-bond acceptors (Lipinski definition) is 5. The quantitative estimate of drug-likeness (QED) is 0.399. The first kappa shape index (κ1) is 13.8. The Morgan fingerprint density at radius 1 is 1.00 bits per heavy atom. The van der Waals surface area contributed by atoms with E-state index in [1.54, 1.807) is 0 Å². The third-order valence-electron chi connectivity index (χ3n) is 2.12. The summed E-state index contributed by atoms with van der Waals surface area (Å²) >= 11 is 0. The van der Waals surface area contributed by atoms with Crippen LogP contribution in [0.3, 0.4) is 0 Å². The predicted octanol–water partition coefficient (Wildman–Crippen LogP) is -1.38. The van der Waals surface area contributed by atoms with Crippen LogP contribution in [0, 0.1) is 5.41 Å². The Morgan fingerprint density at radius 3 is 1.71 bits per heavy atom. The van der Waals surface area contributed by atoms with Gasteiger partial charge in [-0.1, -0.05) is 0 Å². The molecule has 0 fully saturated rings. The van der Waals surface area contributed by atoms with Crippen LogP contribution in [0.2, 0.25) is 0 Å². The van der Waals surface area contributed by atoms with Crippen LogP contribution in [-0.4, -0.2) is 53.9 Å². The minimum Gasteiger partial charge on any atom is -0.396 e. The minimum atomic E-state index is -4.02. The van der Waals surface area contributed by atoms with Gasteiger partial charge in [0.15, 0.2) is 0 Å². The van der Waals surface area contributed by atoms with E-state index in [1.807, 2.05) is 0 Å². The van der Waals surface area contributed by atoms with Crippen LogP contribution in [0.25, 0.3) is 0 Å². The Kier molecular flexibility index (Phi) is 5.53. The molecule has 0 aromatic heterocycles. The maximum Gasteiger partial charge on any atom is 0.264 e. The highest BCUT2D eigenvalue weighted by Gasteiger charge is 2.27. The van der Waals surface area contributed by atoms with Gasteiger partial charge in [-0.3, -0.25) is 4.55 Å². The summed E-state index contributed by atoms with van der Waals surface area (Å²) in [5.74, 6) is -0.436. The predicted molar refractivity (Wildman–Crippen MR) is 49.3 cm³/mol. The minimum absolute atomic E-state index is 0.0838. The molecule has 0 aromatic rings. The third kappa shape index (κ3) is 4.87. The molecule has 0 aromatic carbocycles. The van der Waals surface area contributed by atoms with Gasteiger partial charge in [0.1, 0.15) is 0 Å². The SMILES string of the molecule is O=S(=O)(O)CCCC(CO)(CO)CO. The van der Waals surface area contributed by atoms with Crippen molar-refractivity contribution in [1.29, 1.82) is 0 Å². The molecule has 0 spiro atoms. The van der Waals surface area contributed by atoms with Crippen LogP contribution < -0.4 is 0 Å². The molecule has 0 rings (SSSR count). The Bertz CT molecular complexity index is 235. The lowest BCUT2D eigenvalue weighted by Gasteiger charge is -2.26. The molecule has 0 radical (unpaired) electrons. The van der Waals surface area contributed by atoms with Crippen molar-refractivity contribution in [3.63, 3.8) is 0 Å². The van der Waals surface area contributed by atoms with Crippen LogP contribution in [0.4, 0.5) is 0 Å². The molecular formula is C7H16O6S. The van der Waals surface area contributed by atoms with Crippen molar-refractivity contribution in [2.45, 2.75) is 12.8 Å². The van der Waals surface area contributed by atoms with Crippen molar-refractivity contribution in [1.82, 2.24) is 0 Å². The summed E-state index contributed by atoms with van der Waals surface area (Å²) in [4.78, 5) is 0. The topological polar surface area (TPSA) is 115 Å². The number of aliphatic hydroxyl groups is 3. The summed E-state index contributed by atoms with van der Waals surface area (Å²) in [6, 6.07) is 0. The second kappa shape index (κ2) is 5.62. The number of rotatable bonds is 7. The van der Waals surface area contributed by atoms with Gasteiger partial charge >= 0.3 is 0 Å². The first-order valence-electron chi connectivity index (χ1n) is 4.17. The lowest BCUT2D eigenvalue weighted by Crippen LogP contribution is -2.34. The van der Waals surface area contributed by atoms with E-state index in [0.717, 1.165) is 0 Å². The molecule has 0 bridgehead atoms. The maximum absolute atomic E-state index is 10.4. The van der Waals surface area contributed by atoms with Crippen molar-refractivity contribution in [2.24, 2.45) is 5.41 Å². The molecule has 0 atom stereocenters. The van der Waals surface area contributed by atoms with E-state index >= 15 is 0 Å². The molecule has 86 valence electrons. The van der Waals surface area contributed by atoms with E-state index in [1.165, 1.54) is 0 Å². The highest BCUT2D eigenvalue weighted by molar-refractivity contribution is 7.85. The largest absolute Gasteiger partial charge is 0.396 e. The van der Waals surface area contributed by atoms with E-state index in [9.17, 15) is 8.42 Å². The first-order valence-corrected chi connectivity index (χ1v) is 5.78. The summed E-state index contributed by atoms with van der Waals surface area (Å²) in [7, 11) is -4.02. The summed E-state index contributed by atoms with van der Waals surface area (Å²) in [6.45, 7) is -1.28. The van der Waals surface area contributed by atoms with E-state index in [2.05, 4.69) is 0 Å². The van der Waals surface area contributed by atoms with Gasteiger partial charge in [-0.05, 0) is 12.8 Å². The molecule has 0 aliphatic rings. The van der Waals surface area contributed by atoms with Crippen molar-refractivity contribution >= 4 is 10.1 Å². The van der Waals surface area contributed by atoms with Gasteiger partial charge in [0, 0.05) is 5.41 Å². The highest BCUT2D eigenvalue weighted by Crippen LogP contribution is 2.22. The average molecular weight is 228 g/mol. The molecule has 7 heteroatoms. The second-order valence-electron chi connectivity index (χ2n) is 3.36. The maximum atomic E-state index is 10.4. The van der Waals surface area contributed by atoms with Gasteiger partial charge in [0.25, 0.3) is 10.1 Å². The summed E-state index contributed by atoms with van der Waals surface area (Å²) in [5, 5.41) is 26.6. The Labute approximate surface area is 82.9 Å². The van der Waals surface area contributed by atoms with E-state index in [0.29, 0.717) is 0 Å². The molecule has 0 amide bonds. The lowest BCUT2D eigenvalue weighted by atomic mass is 9.86. The van der Waals surface area contributed by atoms with Crippen molar-refractivity contribution < 1.29 is 28.3 Å². The Hall–Kier alpha value is -0.210. The zero-order valence-corrected chi connectivity index (χ0v) is 8.57. The van der Waals surface area contributed by atoms with Crippen LogP contribution in [-0.2, 0) is 10.1 Å². The Morgan fingerprint density at radius 2 is 1.43 bits per heavy atom. The van der Waals surface area contributed by atoms with Crippen LogP contribution in [0.1, 0.15) is 12.8 Å². The number of aliphatic hydroxyl groups excluding tert-OH is 3. The van der Waals surface area contributed by atoms with Gasteiger partial charge in [-0.25, -0.2) is 0 Å². The summed E-state index contributed by atoms with van der Waals surface area (Å²) in [6.07, 6.45) is 0.219. The second-order valence-corrected chi connectivity index (χ2v) is 4.94. The molecule has 0 heterocycles. The molecule has 14 heavy (non-hydrogen) atoms. The fourth-order valence-corrected chi connectivity index (χ4v) is 1.53. The summed E-state index contributed by atoms with van der Waals surface area (Å²) in [5.41, 5.74) is -1.06. The fourth-order valence-electron chi connectivity index (χ4n) is 1.02. The zero-order chi connectivity index (χ0) is 11.2. The van der Waals surface area contributed by atoms with Gasteiger partial charge in [-0.15, -0.1) is 0 Å². The van der Waals surface area contributed by atoms with Gasteiger partial charge in [0.05, 0.1) is 25.6 Å². The van der Waals surface area contributed by atoms with Gasteiger partial charge in [0.2, 0.25) is 0 Å². The Balaban J connectivity index is 4.08. The van der Waals surface area contributed by atoms with Crippen molar-refractivity contribution in [3.8, 4) is 0 Å². The highest BCUT2D eigenvalue weighted by atomic mass is 32.2. The van der Waals surface area contributed by atoms with E-state index in [4.69, 9.17) is 19.9 Å². The van der Waals surface area contributed by atoms with Crippen molar-refractivity contribution in [2.75, 3.05) is 25.6 Å². The van der Waals surface area contributed by atoms with E-state index in [-0.39, 0.29) is 12.8 Å². The fraction of sp³-hybridized carbons (Fsp3) is 1.00.